The van der Waals surface area contributed by atoms with Crippen molar-refractivity contribution in [3.05, 3.63) is 11.6 Å². The molecule has 1 saturated heterocycles. The zero-order valence-corrected chi connectivity index (χ0v) is 21.3. The number of halogens is 1. The van der Waals surface area contributed by atoms with Crippen molar-refractivity contribution in [3.8, 4) is 0 Å². The van der Waals surface area contributed by atoms with Crippen LogP contribution in [0, 0.1) is 22.7 Å². The first-order valence-electron chi connectivity index (χ1n) is 11.9. The fraction of sp³-hybridized carbons (Fsp3) is 0.800. The Bertz CT molecular complexity index is 945. The Labute approximate surface area is 202 Å². The van der Waals surface area contributed by atoms with E-state index in [-0.39, 0.29) is 41.9 Å². The summed E-state index contributed by atoms with van der Waals surface area (Å²) in [6, 6.07) is 0. The molecule has 3 saturated carbocycles. The number of ether oxygens (including phenoxy) is 3. The molecule has 0 bridgehead atoms. The van der Waals surface area contributed by atoms with Gasteiger partial charge in [0.1, 0.15) is 0 Å². The van der Waals surface area contributed by atoms with E-state index in [2.05, 4.69) is 22.9 Å². The van der Waals surface area contributed by atoms with Gasteiger partial charge in [0.05, 0.1) is 16.5 Å². The molecule has 0 amide bonds. The predicted octanol–water partition coefficient (Wildman–Crippen LogP) is 3.25. The van der Waals surface area contributed by atoms with Crippen LogP contribution in [0.4, 0.5) is 0 Å². The predicted molar refractivity (Wildman–Crippen MR) is 121 cm³/mol. The van der Waals surface area contributed by atoms with E-state index in [1.165, 1.54) is 0 Å². The number of Topliss-reactive ketones (excluding diaryl/α,β-unsaturated/α-hetero) is 1. The van der Waals surface area contributed by atoms with Crippen LogP contribution < -0.4 is 0 Å². The normalized spacial score (nSPS) is 49.9. The van der Waals surface area contributed by atoms with E-state index < -0.39 is 33.3 Å². The average molecular weight is 525 g/mol. The van der Waals surface area contributed by atoms with Crippen LogP contribution in [0.15, 0.2) is 11.6 Å². The molecule has 182 valence electrons. The molecule has 0 spiro atoms. The second-order valence-electron chi connectivity index (χ2n) is 11.5. The van der Waals surface area contributed by atoms with Gasteiger partial charge < -0.3 is 19.3 Å². The number of allylic oxidation sites excluding steroid dienone is 1. The van der Waals surface area contributed by atoms with E-state index in [1.807, 2.05) is 6.92 Å². The highest BCUT2D eigenvalue weighted by molar-refractivity contribution is 9.10. The molecule has 1 N–H and O–H groups in total. The van der Waals surface area contributed by atoms with E-state index in [0.717, 1.165) is 18.4 Å². The molecule has 1 aliphatic heterocycles. The lowest BCUT2D eigenvalue weighted by Gasteiger charge is -2.65. The molecular weight excluding hydrogens is 492 g/mol. The monoisotopic (exact) mass is 524 g/mol. The second-order valence-corrected chi connectivity index (χ2v) is 12.8. The van der Waals surface area contributed by atoms with Crippen molar-refractivity contribution in [1.29, 1.82) is 0 Å². The van der Waals surface area contributed by atoms with Crippen LogP contribution in [0.25, 0.3) is 0 Å². The standard InChI is InChI=1S/C25H33BrO7/c1-21(2)32-20-10-17-16-6-5-14-9-15(28)7-8-22(14,3)24(16,26)18(29)11-23(17,4)25(20,33-21)19(30)12-31-13-27/h9,13,16-18,20,29H,5-8,10-12H2,1-4H3/t16?,17?,18-,20?,22?,23?,24-,25?/m0/s1. The van der Waals surface area contributed by atoms with Crippen molar-refractivity contribution < 1.29 is 33.7 Å². The zero-order chi connectivity index (χ0) is 24.0. The fourth-order valence-electron chi connectivity index (χ4n) is 8.39. The minimum atomic E-state index is -1.29. The van der Waals surface area contributed by atoms with Crippen molar-refractivity contribution in [2.45, 2.75) is 94.1 Å². The number of hydrogen-bond acceptors (Lipinski definition) is 7. The molecule has 0 aromatic rings. The molecule has 0 aromatic heterocycles. The molecule has 4 fully saturated rings. The summed E-state index contributed by atoms with van der Waals surface area (Å²) < 4.78 is 17.0. The summed E-state index contributed by atoms with van der Waals surface area (Å²) in [5.41, 5.74) is -1.22. The topological polar surface area (TPSA) is 99.1 Å². The third-order valence-corrected chi connectivity index (χ3v) is 11.7. The second kappa shape index (κ2) is 7.21. The van der Waals surface area contributed by atoms with Crippen molar-refractivity contribution in [2.75, 3.05) is 6.61 Å². The Kier molecular flexibility index (Phi) is 5.17. The largest absolute Gasteiger partial charge is 0.460 e. The maximum atomic E-state index is 13.6. The molecule has 4 aliphatic carbocycles. The van der Waals surface area contributed by atoms with E-state index in [1.54, 1.807) is 19.9 Å². The van der Waals surface area contributed by atoms with Crippen LogP contribution in [-0.4, -0.2) is 57.7 Å². The molecular formula is C25H33BrO7. The Balaban J connectivity index is 1.60. The number of fused-ring (bicyclic) bond motifs is 7. The Morgan fingerprint density at radius 1 is 1.27 bits per heavy atom. The van der Waals surface area contributed by atoms with E-state index in [9.17, 15) is 19.5 Å². The van der Waals surface area contributed by atoms with Crippen LogP contribution >= 0.6 is 15.9 Å². The lowest BCUT2D eigenvalue weighted by Crippen LogP contribution is -2.69. The highest BCUT2D eigenvalue weighted by Crippen LogP contribution is 2.73. The number of hydrogen-bond donors (Lipinski definition) is 1. The Morgan fingerprint density at radius 3 is 2.70 bits per heavy atom. The molecule has 33 heavy (non-hydrogen) atoms. The van der Waals surface area contributed by atoms with Gasteiger partial charge in [-0.2, -0.15) is 0 Å². The number of alkyl halides is 1. The van der Waals surface area contributed by atoms with Gasteiger partial charge in [0.2, 0.25) is 5.78 Å². The Hall–Kier alpha value is -1.09. The SMILES string of the molecule is CC1(C)OC2CC3C4CCC5=CC(=O)CCC5(C)[C@@]4(Br)[C@@H](O)CC3(C)C2(C(=O)COC=O)O1. The van der Waals surface area contributed by atoms with Crippen LogP contribution in [0.3, 0.4) is 0 Å². The van der Waals surface area contributed by atoms with Gasteiger partial charge >= 0.3 is 0 Å². The number of rotatable bonds is 4. The zero-order valence-electron chi connectivity index (χ0n) is 19.7. The Morgan fingerprint density at radius 2 is 2.00 bits per heavy atom. The number of aliphatic hydroxyl groups excluding tert-OH is 1. The van der Waals surface area contributed by atoms with Gasteiger partial charge in [-0.05, 0) is 63.9 Å². The molecule has 0 aromatic carbocycles. The van der Waals surface area contributed by atoms with Gasteiger partial charge in [-0.3, -0.25) is 14.4 Å². The third kappa shape index (κ3) is 2.81. The highest BCUT2D eigenvalue weighted by atomic mass is 79.9. The summed E-state index contributed by atoms with van der Waals surface area (Å²) in [5.74, 6) is -0.986. The van der Waals surface area contributed by atoms with Gasteiger partial charge in [-0.1, -0.05) is 35.4 Å². The van der Waals surface area contributed by atoms with Crippen molar-refractivity contribution in [3.63, 3.8) is 0 Å². The summed E-state index contributed by atoms with van der Waals surface area (Å²) in [5, 5.41) is 11.8. The number of aliphatic hydroxyl groups is 1. The van der Waals surface area contributed by atoms with E-state index >= 15 is 0 Å². The fourth-order valence-corrected chi connectivity index (χ4v) is 9.55. The van der Waals surface area contributed by atoms with Crippen molar-refractivity contribution in [1.82, 2.24) is 0 Å². The maximum absolute atomic E-state index is 13.6. The summed E-state index contributed by atoms with van der Waals surface area (Å²) in [4.78, 5) is 36.6. The van der Waals surface area contributed by atoms with Crippen LogP contribution in [-0.2, 0) is 28.6 Å². The number of carbonyl (C=O) groups is 3. The van der Waals surface area contributed by atoms with Crippen LogP contribution in [0.5, 0.6) is 0 Å². The first kappa shape index (κ1) is 23.6. The van der Waals surface area contributed by atoms with Crippen molar-refractivity contribution in [2.24, 2.45) is 22.7 Å². The number of ketones is 2. The lowest BCUT2D eigenvalue weighted by atomic mass is 9.45. The molecule has 5 aliphatic rings. The van der Waals surface area contributed by atoms with Gasteiger partial charge in [-0.25, -0.2) is 0 Å². The molecule has 1 heterocycles. The summed E-state index contributed by atoms with van der Waals surface area (Å²) in [7, 11) is 0. The van der Waals surface area contributed by atoms with E-state index in [0.29, 0.717) is 25.7 Å². The highest BCUT2D eigenvalue weighted by Gasteiger charge is 2.79. The molecule has 0 radical (unpaired) electrons. The number of carbonyl (C=O) groups excluding carboxylic acids is 3. The lowest BCUT2D eigenvalue weighted by molar-refractivity contribution is -0.223. The molecule has 6 unspecified atom stereocenters. The van der Waals surface area contributed by atoms with Crippen molar-refractivity contribution >= 4 is 34.0 Å². The first-order chi connectivity index (χ1) is 15.4. The third-order valence-electron chi connectivity index (χ3n) is 9.73. The maximum Gasteiger partial charge on any atom is 0.293 e. The summed E-state index contributed by atoms with van der Waals surface area (Å²) in [6.45, 7) is 7.70. The quantitative estimate of drug-likeness (QED) is 0.445. The van der Waals surface area contributed by atoms with Gasteiger partial charge in [-0.15, -0.1) is 0 Å². The minimum absolute atomic E-state index is 0.0533. The molecule has 5 rings (SSSR count). The molecule has 8 heteroatoms. The minimum Gasteiger partial charge on any atom is -0.460 e. The van der Waals surface area contributed by atoms with Gasteiger partial charge in [0.25, 0.3) is 6.47 Å². The van der Waals surface area contributed by atoms with Crippen LogP contribution in [0.2, 0.25) is 0 Å². The molecule has 8 atom stereocenters. The average Bonchev–Trinajstić information content (AvgIpc) is 3.14. The van der Waals surface area contributed by atoms with Gasteiger partial charge in [0, 0.05) is 17.3 Å². The summed E-state index contributed by atoms with van der Waals surface area (Å²) >= 11 is 4.08. The first-order valence-corrected chi connectivity index (χ1v) is 12.7. The molecule has 7 nitrogen and oxygen atoms in total. The van der Waals surface area contributed by atoms with Gasteiger partial charge in [0.15, 0.2) is 23.8 Å². The smallest absolute Gasteiger partial charge is 0.293 e. The summed E-state index contributed by atoms with van der Waals surface area (Å²) in [6.07, 6.45) is 4.31. The van der Waals surface area contributed by atoms with E-state index in [4.69, 9.17) is 14.2 Å². The van der Waals surface area contributed by atoms with Crippen LogP contribution in [0.1, 0.15) is 66.2 Å².